The highest BCUT2D eigenvalue weighted by Gasteiger charge is 2.29. The molecule has 1 atom stereocenters. The predicted molar refractivity (Wildman–Crippen MR) is 71.7 cm³/mol. The van der Waals surface area contributed by atoms with Crippen molar-refractivity contribution in [3.63, 3.8) is 0 Å². The molecule has 1 aromatic heterocycles. The lowest BCUT2D eigenvalue weighted by atomic mass is 10.1. The normalized spacial score (nSPS) is 14.2. The zero-order valence-electron chi connectivity index (χ0n) is 10.6. The van der Waals surface area contributed by atoms with Crippen molar-refractivity contribution in [3.05, 3.63) is 42.1 Å². The Morgan fingerprint density at radius 3 is 2.84 bits per heavy atom. The number of aliphatic carboxylic acids is 1. The highest BCUT2D eigenvalue weighted by Crippen LogP contribution is 2.15. The van der Waals surface area contributed by atoms with Gasteiger partial charge in [-0.2, -0.15) is 0 Å². The molecule has 2 rings (SSSR count). The molecule has 0 aliphatic carbocycles. The number of carboxylic acids is 1. The summed E-state index contributed by atoms with van der Waals surface area (Å²) in [7, 11) is 0. The minimum absolute atomic E-state index is 0.0223. The highest BCUT2D eigenvalue weighted by molar-refractivity contribution is 5.81. The van der Waals surface area contributed by atoms with E-state index in [0.29, 0.717) is 6.54 Å². The van der Waals surface area contributed by atoms with Gasteiger partial charge in [-0.3, -0.25) is 4.98 Å². The second-order valence-electron chi connectivity index (χ2n) is 4.67. The van der Waals surface area contributed by atoms with Crippen LogP contribution in [0.2, 0.25) is 0 Å². The zero-order valence-corrected chi connectivity index (χ0v) is 10.6. The Hall–Kier alpha value is -1.98. The number of nitrogens with one attached hydrogen (secondary N) is 1. The van der Waals surface area contributed by atoms with Crippen LogP contribution in [-0.2, 0) is 11.3 Å². The van der Waals surface area contributed by atoms with Crippen molar-refractivity contribution in [1.29, 1.82) is 0 Å². The Morgan fingerprint density at radius 1 is 1.37 bits per heavy atom. The lowest BCUT2D eigenvalue weighted by molar-refractivity contribution is -0.156. The molecule has 100 valence electrons. The minimum atomic E-state index is -1.77. The van der Waals surface area contributed by atoms with E-state index in [1.165, 1.54) is 6.92 Å². The Balaban J connectivity index is 2.09. The third-order valence-electron chi connectivity index (χ3n) is 2.96. The zero-order chi connectivity index (χ0) is 13.9. The molecule has 1 unspecified atom stereocenters. The fraction of sp³-hybridized carbons (Fsp3) is 0.286. The summed E-state index contributed by atoms with van der Waals surface area (Å²) >= 11 is 0. The Morgan fingerprint density at radius 2 is 2.11 bits per heavy atom. The van der Waals surface area contributed by atoms with Crippen molar-refractivity contribution < 1.29 is 15.0 Å². The third kappa shape index (κ3) is 3.07. The van der Waals surface area contributed by atoms with Gasteiger partial charge in [-0.1, -0.05) is 24.3 Å². The fourth-order valence-corrected chi connectivity index (χ4v) is 1.83. The van der Waals surface area contributed by atoms with E-state index in [1.807, 2.05) is 30.3 Å². The van der Waals surface area contributed by atoms with Crippen LogP contribution >= 0.6 is 0 Å². The summed E-state index contributed by atoms with van der Waals surface area (Å²) in [4.78, 5) is 15.1. The van der Waals surface area contributed by atoms with E-state index in [1.54, 1.807) is 6.20 Å². The van der Waals surface area contributed by atoms with Crippen LogP contribution in [0.3, 0.4) is 0 Å². The van der Waals surface area contributed by atoms with Crippen LogP contribution in [0.15, 0.2) is 36.5 Å². The lowest BCUT2D eigenvalue weighted by Gasteiger charge is -2.18. The largest absolute Gasteiger partial charge is 0.479 e. The van der Waals surface area contributed by atoms with Crippen molar-refractivity contribution in [2.24, 2.45) is 0 Å². The van der Waals surface area contributed by atoms with Crippen LogP contribution in [0.1, 0.15) is 12.5 Å². The molecule has 0 saturated carbocycles. The van der Waals surface area contributed by atoms with Gasteiger partial charge < -0.3 is 15.5 Å². The molecule has 5 heteroatoms. The van der Waals surface area contributed by atoms with Crippen molar-refractivity contribution in [2.45, 2.75) is 19.1 Å². The third-order valence-corrected chi connectivity index (χ3v) is 2.96. The summed E-state index contributed by atoms with van der Waals surface area (Å²) in [5.41, 5.74) is 0.0876. The van der Waals surface area contributed by atoms with Crippen LogP contribution in [0.25, 0.3) is 10.9 Å². The van der Waals surface area contributed by atoms with Crippen LogP contribution in [0, 0.1) is 0 Å². The maximum absolute atomic E-state index is 10.8. The average molecular weight is 260 g/mol. The molecule has 1 aromatic carbocycles. The molecule has 1 heterocycles. The van der Waals surface area contributed by atoms with E-state index < -0.39 is 11.6 Å². The maximum atomic E-state index is 10.8. The number of carboxylic acid groups (broad SMARTS) is 1. The van der Waals surface area contributed by atoms with Gasteiger partial charge in [-0.05, 0) is 18.6 Å². The monoisotopic (exact) mass is 260 g/mol. The lowest BCUT2D eigenvalue weighted by Crippen LogP contribution is -2.44. The van der Waals surface area contributed by atoms with Gasteiger partial charge in [0.2, 0.25) is 0 Å². The second-order valence-corrected chi connectivity index (χ2v) is 4.67. The van der Waals surface area contributed by atoms with Crippen LogP contribution < -0.4 is 5.32 Å². The topological polar surface area (TPSA) is 82.5 Å². The molecule has 19 heavy (non-hydrogen) atoms. The van der Waals surface area contributed by atoms with E-state index in [-0.39, 0.29) is 6.54 Å². The van der Waals surface area contributed by atoms with Gasteiger partial charge in [0.05, 0.1) is 5.52 Å². The summed E-state index contributed by atoms with van der Waals surface area (Å²) in [5.74, 6) is -1.24. The molecule has 3 N–H and O–H groups in total. The first-order valence-electron chi connectivity index (χ1n) is 6.00. The number of carbonyl (C=O) groups is 1. The van der Waals surface area contributed by atoms with Crippen LogP contribution in [0.5, 0.6) is 0 Å². The Kier molecular flexibility index (Phi) is 3.78. The number of aliphatic hydroxyl groups is 1. The van der Waals surface area contributed by atoms with Gasteiger partial charge >= 0.3 is 5.97 Å². The van der Waals surface area contributed by atoms with Gasteiger partial charge in [0, 0.05) is 24.7 Å². The van der Waals surface area contributed by atoms with E-state index in [4.69, 9.17) is 5.11 Å². The molecule has 0 amide bonds. The first-order chi connectivity index (χ1) is 9.00. The van der Waals surface area contributed by atoms with Gasteiger partial charge in [0.1, 0.15) is 0 Å². The number of nitrogens with zero attached hydrogens (tertiary/aromatic N) is 1. The molecular weight excluding hydrogens is 244 g/mol. The number of pyridine rings is 1. The molecule has 0 radical (unpaired) electrons. The smallest absolute Gasteiger partial charge is 0.336 e. The molecule has 0 spiro atoms. The molecule has 0 bridgehead atoms. The van der Waals surface area contributed by atoms with Gasteiger partial charge in [-0.15, -0.1) is 0 Å². The number of benzene rings is 1. The summed E-state index contributed by atoms with van der Waals surface area (Å²) in [5, 5.41) is 22.4. The molecule has 0 aliphatic heterocycles. The first kappa shape index (κ1) is 13.5. The Labute approximate surface area is 110 Å². The molecule has 0 saturated heterocycles. The SMILES string of the molecule is CC(O)(CNCc1cccc2cccnc12)C(=O)O. The standard InChI is InChI=1S/C14H16N2O3/c1-14(19,13(17)18)9-15-8-11-5-2-4-10-6-3-7-16-12(10)11/h2-7,15,19H,8-9H2,1H3,(H,17,18). The number of rotatable bonds is 5. The summed E-state index contributed by atoms with van der Waals surface area (Å²) in [6, 6.07) is 9.67. The number of fused-ring (bicyclic) bond motifs is 1. The van der Waals surface area contributed by atoms with Crippen molar-refractivity contribution in [3.8, 4) is 0 Å². The van der Waals surface area contributed by atoms with Crippen LogP contribution in [-0.4, -0.2) is 33.3 Å². The summed E-state index contributed by atoms with van der Waals surface area (Å²) < 4.78 is 0. The maximum Gasteiger partial charge on any atom is 0.336 e. The van der Waals surface area contributed by atoms with E-state index in [0.717, 1.165) is 16.5 Å². The highest BCUT2D eigenvalue weighted by atomic mass is 16.4. The molecule has 2 aromatic rings. The molecular formula is C14H16N2O3. The number of para-hydroxylation sites is 1. The number of hydrogen-bond acceptors (Lipinski definition) is 4. The minimum Gasteiger partial charge on any atom is -0.479 e. The van der Waals surface area contributed by atoms with E-state index in [2.05, 4.69) is 10.3 Å². The number of hydrogen-bond donors (Lipinski definition) is 3. The van der Waals surface area contributed by atoms with Gasteiger partial charge in [-0.25, -0.2) is 4.79 Å². The van der Waals surface area contributed by atoms with Gasteiger partial charge in [0.15, 0.2) is 5.60 Å². The van der Waals surface area contributed by atoms with E-state index >= 15 is 0 Å². The van der Waals surface area contributed by atoms with Crippen molar-refractivity contribution >= 4 is 16.9 Å². The summed E-state index contributed by atoms with van der Waals surface area (Å²) in [6.45, 7) is 1.70. The van der Waals surface area contributed by atoms with E-state index in [9.17, 15) is 9.90 Å². The number of aromatic nitrogens is 1. The Bertz CT molecular complexity index is 591. The predicted octanol–water partition coefficient (Wildman–Crippen LogP) is 1.16. The second kappa shape index (κ2) is 5.34. The summed E-state index contributed by atoms with van der Waals surface area (Å²) in [6.07, 6.45) is 1.72. The van der Waals surface area contributed by atoms with Crippen molar-refractivity contribution in [2.75, 3.05) is 6.54 Å². The van der Waals surface area contributed by atoms with Gasteiger partial charge in [0.25, 0.3) is 0 Å². The first-order valence-corrected chi connectivity index (χ1v) is 6.00. The van der Waals surface area contributed by atoms with Crippen molar-refractivity contribution in [1.82, 2.24) is 10.3 Å². The molecule has 0 fully saturated rings. The van der Waals surface area contributed by atoms with Crippen LogP contribution in [0.4, 0.5) is 0 Å². The quantitative estimate of drug-likeness (QED) is 0.751. The molecule has 0 aliphatic rings. The fourth-order valence-electron chi connectivity index (χ4n) is 1.83. The molecule has 5 nitrogen and oxygen atoms in total. The average Bonchev–Trinajstić information content (AvgIpc) is 2.38.